The molecular weight excluding hydrogens is 403 g/mol. The fraction of sp³-hybridized carbons (Fsp3) is 0.542. The van der Waals surface area contributed by atoms with Crippen LogP contribution in [0.2, 0.25) is 0 Å². The second-order valence-corrected chi connectivity index (χ2v) is 8.92. The number of epoxide rings is 1. The number of rotatable bonds is 9. The van der Waals surface area contributed by atoms with E-state index in [1.807, 2.05) is 12.1 Å². The predicted molar refractivity (Wildman–Crippen MR) is 109 cm³/mol. The highest BCUT2D eigenvalue weighted by Gasteiger charge is 2.85. The lowest BCUT2D eigenvalue weighted by Crippen LogP contribution is -2.51. The number of carboxylic acid groups (broad SMARTS) is 1. The first-order chi connectivity index (χ1) is 14.9. The largest absolute Gasteiger partial charge is 0.498 e. The van der Waals surface area contributed by atoms with Crippen molar-refractivity contribution in [1.82, 2.24) is 0 Å². The van der Waals surface area contributed by atoms with Gasteiger partial charge in [0.1, 0.15) is 35.1 Å². The Morgan fingerprint density at radius 2 is 2.06 bits per heavy atom. The Morgan fingerprint density at radius 1 is 1.23 bits per heavy atom. The van der Waals surface area contributed by atoms with Crippen molar-refractivity contribution in [3.05, 3.63) is 53.3 Å². The van der Waals surface area contributed by atoms with Crippen LogP contribution in [0.4, 0.5) is 4.39 Å². The number of benzene rings is 1. The number of hydrogen-bond donors (Lipinski definition) is 1. The van der Waals surface area contributed by atoms with Gasteiger partial charge in [-0.25, -0.2) is 9.18 Å². The third-order valence-electron chi connectivity index (χ3n) is 7.61. The number of halogens is 1. The Morgan fingerprint density at radius 3 is 2.77 bits per heavy atom. The van der Waals surface area contributed by atoms with Crippen molar-refractivity contribution in [3.8, 4) is 5.75 Å². The van der Waals surface area contributed by atoms with Crippen molar-refractivity contribution in [2.75, 3.05) is 20.3 Å². The monoisotopic (exact) mass is 430 g/mol. The van der Waals surface area contributed by atoms with Crippen LogP contribution in [0, 0.1) is 0 Å². The van der Waals surface area contributed by atoms with Crippen LogP contribution < -0.4 is 4.74 Å². The van der Waals surface area contributed by atoms with Gasteiger partial charge >= 0.3 is 5.97 Å². The van der Waals surface area contributed by atoms with Crippen LogP contribution in [0.5, 0.6) is 5.75 Å². The Bertz CT molecular complexity index is 967. The van der Waals surface area contributed by atoms with Crippen molar-refractivity contribution in [1.29, 1.82) is 0 Å². The molecule has 5 rings (SSSR count). The molecule has 7 heteroatoms. The zero-order chi connectivity index (χ0) is 21.7. The van der Waals surface area contributed by atoms with Crippen LogP contribution in [0.3, 0.4) is 0 Å². The van der Waals surface area contributed by atoms with Crippen LogP contribution in [0.15, 0.2) is 47.7 Å². The second-order valence-electron chi connectivity index (χ2n) is 8.92. The highest BCUT2D eigenvalue weighted by Crippen LogP contribution is 2.79. The Balaban J connectivity index is 1.30. The molecule has 0 aromatic heterocycles. The molecule has 0 bridgehead atoms. The minimum atomic E-state index is -0.952. The number of methoxy groups -OCH3 is 1. The topological polar surface area (TPSA) is 77.5 Å². The zero-order valence-corrected chi connectivity index (χ0v) is 17.6. The maximum Gasteiger partial charge on any atom is 0.329 e. The molecule has 1 aliphatic heterocycles. The summed E-state index contributed by atoms with van der Waals surface area (Å²) in [4.78, 5) is 10.7. The first-order valence-electron chi connectivity index (χ1n) is 10.9. The summed E-state index contributed by atoms with van der Waals surface area (Å²) in [7, 11) is 1.48. The van der Waals surface area contributed by atoms with E-state index in [1.165, 1.54) is 18.7 Å². The van der Waals surface area contributed by atoms with E-state index in [2.05, 4.69) is 12.1 Å². The van der Waals surface area contributed by atoms with Crippen molar-refractivity contribution in [2.45, 2.75) is 61.6 Å². The first kappa shape index (κ1) is 20.5. The third-order valence-corrected chi connectivity index (χ3v) is 7.61. The number of aliphatic carboxylic acids is 1. The zero-order valence-electron chi connectivity index (χ0n) is 17.6. The average Bonchev–Trinajstić information content (AvgIpc) is 3.39. The fourth-order valence-electron chi connectivity index (χ4n) is 6.00. The van der Waals surface area contributed by atoms with E-state index in [9.17, 15) is 9.18 Å². The van der Waals surface area contributed by atoms with Gasteiger partial charge in [0, 0.05) is 30.8 Å². The molecule has 4 aliphatic rings. The van der Waals surface area contributed by atoms with Gasteiger partial charge in [0.2, 0.25) is 0 Å². The quantitative estimate of drug-likeness (QED) is 0.462. The molecule has 31 heavy (non-hydrogen) atoms. The minimum absolute atomic E-state index is 0.0332. The molecule has 0 amide bonds. The molecule has 1 aromatic rings. The molecule has 2 saturated carbocycles. The highest BCUT2D eigenvalue weighted by atomic mass is 19.1. The molecule has 3 unspecified atom stereocenters. The lowest BCUT2D eigenvalue weighted by molar-refractivity contribution is -0.142. The summed E-state index contributed by atoms with van der Waals surface area (Å²) in [6.07, 6.45) is 7.27. The lowest BCUT2D eigenvalue weighted by Gasteiger charge is -2.47. The van der Waals surface area contributed by atoms with E-state index >= 15 is 0 Å². The van der Waals surface area contributed by atoms with E-state index in [1.54, 1.807) is 0 Å². The molecule has 0 radical (unpaired) electrons. The standard InChI is InChI=1S/C24H27FO6/c1-28-20-6-5-18(14-19(20)25)30-17-4-2-3-16(13-17)22-7-9-23(11-12-29-15-21(26)27)24(22,31-23)10-8-22/h2-4,13-14H,5-12,15H2,1H3,(H,26,27). The van der Waals surface area contributed by atoms with Crippen molar-refractivity contribution < 1.29 is 33.2 Å². The van der Waals surface area contributed by atoms with Crippen LogP contribution in [-0.2, 0) is 24.4 Å². The molecule has 1 saturated heterocycles. The van der Waals surface area contributed by atoms with Crippen LogP contribution in [0.1, 0.15) is 50.5 Å². The van der Waals surface area contributed by atoms with E-state index in [4.69, 9.17) is 24.1 Å². The van der Waals surface area contributed by atoms with Crippen LogP contribution in [-0.4, -0.2) is 42.6 Å². The van der Waals surface area contributed by atoms with Gasteiger partial charge in [-0.3, -0.25) is 0 Å². The van der Waals surface area contributed by atoms with Gasteiger partial charge in [-0.15, -0.1) is 0 Å². The molecule has 166 valence electrons. The minimum Gasteiger partial charge on any atom is -0.498 e. The lowest BCUT2D eigenvalue weighted by atomic mass is 9.56. The van der Waals surface area contributed by atoms with Gasteiger partial charge in [-0.05, 0) is 43.4 Å². The molecule has 3 atom stereocenters. The van der Waals surface area contributed by atoms with E-state index < -0.39 is 5.97 Å². The van der Waals surface area contributed by atoms with Gasteiger partial charge in [-0.1, -0.05) is 12.1 Å². The van der Waals surface area contributed by atoms with Gasteiger partial charge in [0.25, 0.3) is 0 Å². The Kier molecular flexibility index (Phi) is 4.86. The van der Waals surface area contributed by atoms with Crippen molar-refractivity contribution >= 4 is 5.97 Å². The molecule has 1 N–H and O–H groups in total. The fourth-order valence-corrected chi connectivity index (χ4v) is 6.00. The predicted octanol–water partition coefficient (Wildman–Crippen LogP) is 4.40. The summed E-state index contributed by atoms with van der Waals surface area (Å²) in [5.74, 6) is 0.324. The van der Waals surface area contributed by atoms with Gasteiger partial charge in [-0.2, -0.15) is 0 Å². The van der Waals surface area contributed by atoms with Gasteiger partial charge in [0.15, 0.2) is 5.83 Å². The Hall–Kier alpha value is -2.38. The number of allylic oxidation sites excluding steroid dienone is 4. The molecular formula is C24H27FO6. The van der Waals surface area contributed by atoms with Crippen LogP contribution in [0.25, 0.3) is 0 Å². The van der Waals surface area contributed by atoms with E-state index in [0.717, 1.165) is 32.1 Å². The van der Waals surface area contributed by atoms with Gasteiger partial charge < -0.3 is 24.1 Å². The van der Waals surface area contributed by atoms with E-state index in [0.29, 0.717) is 36.7 Å². The molecule has 6 nitrogen and oxygen atoms in total. The number of carbonyl (C=O) groups is 1. The summed E-state index contributed by atoms with van der Waals surface area (Å²) in [6.45, 7) is 0.120. The number of carboxylic acids is 1. The number of ether oxygens (including phenoxy) is 4. The smallest absolute Gasteiger partial charge is 0.329 e. The van der Waals surface area contributed by atoms with Crippen molar-refractivity contribution in [2.24, 2.45) is 0 Å². The maximum atomic E-state index is 14.1. The van der Waals surface area contributed by atoms with Crippen molar-refractivity contribution in [3.63, 3.8) is 0 Å². The molecule has 1 aromatic carbocycles. The normalized spacial score (nSPS) is 33.2. The molecule has 3 aliphatic carbocycles. The average molecular weight is 430 g/mol. The summed E-state index contributed by atoms with van der Waals surface area (Å²) in [5, 5.41) is 8.76. The first-order valence-corrected chi connectivity index (χ1v) is 10.9. The summed E-state index contributed by atoms with van der Waals surface area (Å²) < 4.78 is 36.8. The molecule has 1 heterocycles. The van der Waals surface area contributed by atoms with E-state index in [-0.39, 0.29) is 29.1 Å². The summed E-state index contributed by atoms with van der Waals surface area (Å²) in [6, 6.07) is 8.08. The third kappa shape index (κ3) is 3.09. The summed E-state index contributed by atoms with van der Waals surface area (Å²) >= 11 is 0. The molecule has 1 spiro atoms. The van der Waals surface area contributed by atoms with Gasteiger partial charge in [0.05, 0.1) is 13.7 Å². The second kappa shape index (κ2) is 7.35. The molecule has 3 fully saturated rings. The maximum absolute atomic E-state index is 14.1. The summed E-state index contributed by atoms with van der Waals surface area (Å²) in [5.41, 5.74) is 0.801. The van der Waals surface area contributed by atoms with Crippen LogP contribution >= 0.6 is 0 Å². The number of hydrogen-bond acceptors (Lipinski definition) is 5. The SMILES string of the molecule is COC1=C(F)C=C(Oc2cccc(C34CCC5(CCOCC(=O)O)OC53CC4)c2)CC1. The highest BCUT2D eigenvalue weighted by molar-refractivity contribution is 5.68. The Labute approximate surface area is 180 Å².